The van der Waals surface area contributed by atoms with Crippen LogP contribution in [0.25, 0.3) is 0 Å². The minimum absolute atomic E-state index is 0.0578. The van der Waals surface area contributed by atoms with Gasteiger partial charge in [0.15, 0.2) is 0 Å². The van der Waals surface area contributed by atoms with Crippen molar-refractivity contribution in [3.8, 4) is 0 Å². The van der Waals surface area contributed by atoms with Gasteiger partial charge >= 0.3 is 5.97 Å². The molecule has 0 saturated heterocycles. The lowest BCUT2D eigenvalue weighted by Gasteiger charge is -2.09. The maximum absolute atomic E-state index is 11.1. The molecule has 1 aromatic rings. The molecular weight excluding hydrogens is 276 g/mol. The summed E-state index contributed by atoms with van der Waals surface area (Å²) in [4.78, 5) is 11.1. The smallest absolute Gasteiger partial charge is 0.335 e. The van der Waals surface area contributed by atoms with Crippen LogP contribution in [0.1, 0.15) is 35.2 Å². The molecule has 3 heteroatoms. The SMILES string of the molecule is C=C(CC)OCC1=CC=CC(c2cccc(C(=O)O)c2)C=C1. The highest BCUT2D eigenvalue weighted by molar-refractivity contribution is 5.87. The number of aromatic carboxylic acids is 1. The molecule has 1 unspecified atom stereocenters. The summed E-state index contributed by atoms with van der Waals surface area (Å²) in [5.74, 6) is -0.0793. The van der Waals surface area contributed by atoms with Crippen molar-refractivity contribution in [2.24, 2.45) is 0 Å². The van der Waals surface area contributed by atoms with Gasteiger partial charge in [-0.3, -0.25) is 0 Å². The first-order chi connectivity index (χ1) is 10.6. The van der Waals surface area contributed by atoms with Crippen molar-refractivity contribution in [3.63, 3.8) is 0 Å². The summed E-state index contributed by atoms with van der Waals surface area (Å²) in [5.41, 5.74) is 2.32. The molecule has 0 amide bonds. The van der Waals surface area contributed by atoms with E-state index < -0.39 is 5.97 Å². The first-order valence-electron chi connectivity index (χ1n) is 7.29. The van der Waals surface area contributed by atoms with Crippen LogP contribution in [-0.4, -0.2) is 17.7 Å². The van der Waals surface area contributed by atoms with Crippen molar-refractivity contribution >= 4 is 5.97 Å². The van der Waals surface area contributed by atoms with E-state index in [-0.39, 0.29) is 5.92 Å². The van der Waals surface area contributed by atoms with Gasteiger partial charge in [0, 0.05) is 12.3 Å². The summed E-state index contributed by atoms with van der Waals surface area (Å²) < 4.78 is 5.55. The van der Waals surface area contributed by atoms with E-state index in [1.807, 2.05) is 43.4 Å². The molecule has 1 N–H and O–H groups in total. The minimum Gasteiger partial charge on any atom is -0.494 e. The topological polar surface area (TPSA) is 46.5 Å². The third kappa shape index (κ3) is 4.22. The molecule has 2 rings (SSSR count). The summed E-state index contributed by atoms with van der Waals surface area (Å²) in [7, 11) is 0. The number of allylic oxidation sites excluding steroid dienone is 5. The maximum Gasteiger partial charge on any atom is 0.335 e. The highest BCUT2D eigenvalue weighted by Crippen LogP contribution is 2.23. The molecule has 0 saturated carbocycles. The summed E-state index contributed by atoms with van der Waals surface area (Å²) in [5, 5.41) is 9.08. The van der Waals surface area contributed by atoms with Crippen LogP contribution < -0.4 is 0 Å². The molecule has 0 fully saturated rings. The lowest BCUT2D eigenvalue weighted by atomic mass is 9.96. The molecule has 0 aliphatic heterocycles. The Balaban J connectivity index is 2.09. The van der Waals surface area contributed by atoms with Gasteiger partial charge in [-0.1, -0.05) is 56.0 Å². The molecule has 1 aromatic carbocycles. The number of carboxylic acids is 1. The molecule has 1 aliphatic rings. The minimum atomic E-state index is -0.909. The highest BCUT2D eigenvalue weighted by atomic mass is 16.5. The van der Waals surface area contributed by atoms with Gasteiger partial charge in [0.25, 0.3) is 0 Å². The summed E-state index contributed by atoms with van der Waals surface area (Å²) >= 11 is 0. The Morgan fingerprint density at radius 3 is 2.91 bits per heavy atom. The Hall–Kier alpha value is -2.55. The molecule has 22 heavy (non-hydrogen) atoms. The van der Waals surface area contributed by atoms with Gasteiger partial charge in [-0.25, -0.2) is 4.79 Å². The van der Waals surface area contributed by atoms with Gasteiger partial charge in [0.1, 0.15) is 6.61 Å². The summed E-state index contributed by atoms with van der Waals surface area (Å²) in [6.45, 7) is 6.32. The third-order valence-corrected chi connectivity index (χ3v) is 3.50. The molecule has 0 bridgehead atoms. The quantitative estimate of drug-likeness (QED) is 0.788. The Kier molecular flexibility index (Phi) is 5.37. The van der Waals surface area contributed by atoms with Crippen LogP contribution in [0.15, 0.2) is 72.6 Å². The lowest BCUT2D eigenvalue weighted by Crippen LogP contribution is -1.99. The molecule has 0 spiro atoms. The average Bonchev–Trinajstić information content (AvgIpc) is 2.78. The predicted molar refractivity (Wildman–Crippen MR) is 87.9 cm³/mol. The standard InChI is InChI=1S/C19H20O3/c1-3-14(2)22-13-15-6-4-7-16(11-10-15)17-8-5-9-18(12-17)19(20)21/h4-12,16H,2-3,13H2,1H3,(H,20,21). The van der Waals surface area contributed by atoms with E-state index >= 15 is 0 Å². The van der Waals surface area contributed by atoms with Crippen molar-refractivity contribution in [2.75, 3.05) is 6.61 Å². The molecule has 1 atom stereocenters. The fraction of sp³-hybridized carbons (Fsp3) is 0.211. The van der Waals surface area contributed by atoms with Gasteiger partial charge in [0.05, 0.1) is 11.3 Å². The second-order valence-corrected chi connectivity index (χ2v) is 5.12. The number of carbonyl (C=O) groups is 1. The van der Waals surface area contributed by atoms with Gasteiger partial charge in [-0.05, 0) is 23.3 Å². The van der Waals surface area contributed by atoms with E-state index in [1.54, 1.807) is 18.2 Å². The zero-order valence-electron chi connectivity index (χ0n) is 12.7. The van der Waals surface area contributed by atoms with E-state index in [2.05, 4.69) is 6.58 Å². The lowest BCUT2D eigenvalue weighted by molar-refractivity contribution is 0.0696. The first-order valence-corrected chi connectivity index (χ1v) is 7.29. The van der Waals surface area contributed by atoms with Crippen LogP contribution in [-0.2, 0) is 4.74 Å². The number of hydrogen-bond acceptors (Lipinski definition) is 2. The van der Waals surface area contributed by atoms with E-state index in [4.69, 9.17) is 9.84 Å². The van der Waals surface area contributed by atoms with Crippen LogP contribution in [0.5, 0.6) is 0 Å². The maximum atomic E-state index is 11.1. The van der Waals surface area contributed by atoms with Gasteiger partial charge in [-0.15, -0.1) is 0 Å². The molecule has 1 aliphatic carbocycles. The van der Waals surface area contributed by atoms with Crippen LogP contribution in [0.2, 0.25) is 0 Å². The van der Waals surface area contributed by atoms with E-state index in [0.717, 1.165) is 23.3 Å². The normalized spacial score (nSPS) is 16.8. The second kappa shape index (κ2) is 7.46. The number of hydrogen-bond donors (Lipinski definition) is 1. The highest BCUT2D eigenvalue weighted by Gasteiger charge is 2.10. The summed E-state index contributed by atoms with van der Waals surface area (Å²) in [6.07, 6.45) is 10.9. The molecular formula is C19H20O3. The second-order valence-electron chi connectivity index (χ2n) is 5.12. The number of rotatable bonds is 6. The van der Waals surface area contributed by atoms with E-state index in [1.165, 1.54) is 0 Å². The van der Waals surface area contributed by atoms with Crippen molar-refractivity contribution in [3.05, 3.63) is 83.7 Å². The van der Waals surface area contributed by atoms with Gasteiger partial charge in [-0.2, -0.15) is 0 Å². The van der Waals surface area contributed by atoms with Crippen molar-refractivity contribution < 1.29 is 14.6 Å². The first kappa shape index (κ1) is 15.8. The fourth-order valence-corrected chi connectivity index (χ4v) is 2.13. The fourth-order valence-electron chi connectivity index (χ4n) is 2.13. The molecule has 0 radical (unpaired) electrons. The predicted octanol–water partition coefficient (Wildman–Crippen LogP) is 4.46. The van der Waals surface area contributed by atoms with Gasteiger partial charge < -0.3 is 9.84 Å². The number of ether oxygens (including phenoxy) is 1. The van der Waals surface area contributed by atoms with Crippen molar-refractivity contribution in [1.82, 2.24) is 0 Å². The Bertz CT molecular complexity index is 650. The largest absolute Gasteiger partial charge is 0.494 e. The van der Waals surface area contributed by atoms with Crippen LogP contribution in [0.3, 0.4) is 0 Å². The molecule has 114 valence electrons. The Morgan fingerprint density at radius 1 is 1.36 bits per heavy atom. The van der Waals surface area contributed by atoms with Crippen LogP contribution in [0, 0.1) is 0 Å². The molecule has 3 nitrogen and oxygen atoms in total. The Morgan fingerprint density at radius 2 is 2.18 bits per heavy atom. The van der Waals surface area contributed by atoms with Crippen LogP contribution in [0.4, 0.5) is 0 Å². The number of carboxylic acid groups (broad SMARTS) is 1. The zero-order chi connectivity index (χ0) is 15.9. The number of benzene rings is 1. The van der Waals surface area contributed by atoms with Crippen molar-refractivity contribution in [1.29, 1.82) is 0 Å². The molecule has 0 heterocycles. The van der Waals surface area contributed by atoms with Crippen LogP contribution >= 0.6 is 0 Å². The average molecular weight is 296 g/mol. The van der Waals surface area contributed by atoms with E-state index in [0.29, 0.717) is 12.2 Å². The Labute approximate surface area is 130 Å². The van der Waals surface area contributed by atoms with E-state index in [9.17, 15) is 4.79 Å². The molecule has 0 aromatic heterocycles. The third-order valence-electron chi connectivity index (χ3n) is 3.50. The van der Waals surface area contributed by atoms with Crippen molar-refractivity contribution in [2.45, 2.75) is 19.3 Å². The monoisotopic (exact) mass is 296 g/mol. The van der Waals surface area contributed by atoms with Gasteiger partial charge in [0.2, 0.25) is 0 Å². The summed E-state index contributed by atoms with van der Waals surface area (Å²) in [6, 6.07) is 7.02. The zero-order valence-corrected chi connectivity index (χ0v) is 12.7.